The van der Waals surface area contributed by atoms with Crippen molar-refractivity contribution in [2.24, 2.45) is 7.05 Å². The van der Waals surface area contributed by atoms with Gasteiger partial charge in [-0.25, -0.2) is 17.9 Å². The minimum atomic E-state index is -4.19. The van der Waals surface area contributed by atoms with Gasteiger partial charge in [0.25, 0.3) is 15.9 Å². The van der Waals surface area contributed by atoms with Crippen LogP contribution in [0, 0.1) is 0 Å². The van der Waals surface area contributed by atoms with Crippen molar-refractivity contribution in [3.05, 3.63) is 88.0 Å². The molecule has 1 N–H and O–H groups in total. The summed E-state index contributed by atoms with van der Waals surface area (Å²) in [6, 6.07) is 16.7. The molecule has 0 saturated heterocycles. The lowest BCUT2D eigenvalue weighted by Crippen LogP contribution is -2.31. The first-order valence-corrected chi connectivity index (χ1v) is 12.9. The van der Waals surface area contributed by atoms with Gasteiger partial charge in [-0.3, -0.25) is 4.79 Å². The van der Waals surface area contributed by atoms with Crippen molar-refractivity contribution in [3.8, 4) is 11.5 Å². The monoisotopic (exact) mass is 546 g/mol. The van der Waals surface area contributed by atoms with Crippen molar-refractivity contribution in [2.45, 2.75) is 11.8 Å². The maximum absolute atomic E-state index is 12.9. The molecule has 4 rings (SSSR count). The van der Waals surface area contributed by atoms with Gasteiger partial charge in [0.05, 0.1) is 27.1 Å². The van der Waals surface area contributed by atoms with Gasteiger partial charge in [0.15, 0.2) is 0 Å². The van der Waals surface area contributed by atoms with Gasteiger partial charge in [-0.2, -0.15) is 0 Å². The fourth-order valence-electron chi connectivity index (χ4n) is 3.50. The van der Waals surface area contributed by atoms with Crippen molar-refractivity contribution >= 4 is 56.0 Å². The molecule has 1 heterocycles. The predicted molar refractivity (Wildman–Crippen MR) is 137 cm³/mol. The number of benzene rings is 3. The number of sulfonamides is 1. The summed E-state index contributed by atoms with van der Waals surface area (Å²) < 4.78 is 39.9. The van der Waals surface area contributed by atoms with Crippen molar-refractivity contribution in [2.75, 3.05) is 6.61 Å². The van der Waals surface area contributed by atoms with E-state index >= 15 is 0 Å². The lowest BCUT2D eigenvalue weighted by Gasteiger charge is -2.09. The fourth-order valence-corrected chi connectivity index (χ4v) is 4.75. The second-order valence-corrected chi connectivity index (χ2v) is 10.2. The van der Waals surface area contributed by atoms with Gasteiger partial charge in [-0.15, -0.1) is 0 Å². The van der Waals surface area contributed by atoms with Crippen LogP contribution in [0.1, 0.15) is 27.8 Å². The van der Waals surface area contributed by atoms with Crippen LogP contribution >= 0.6 is 23.2 Å². The smallest absolute Gasteiger partial charge is 0.338 e. The maximum Gasteiger partial charge on any atom is 0.338 e. The number of nitrogens with one attached hydrogen (secondary N) is 1. The van der Waals surface area contributed by atoms with Crippen LogP contribution in [0.25, 0.3) is 10.9 Å². The molecule has 11 heteroatoms. The molecule has 0 atom stereocenters. The van der Waals surface area contributed by atoms with E-state index in [0.29, 0.717) is 32.4 Å². The van der Waals surface area contributed by atoms with Crippen LogP contribution in [0.2, 0.25) is 10.0 Å². The number of ether oxygens (including phenoxy) is 2. The largest absolute Gasteiger partial charge is 0.462 e. The first-order chi connectivity index (χ1) is 17.1. The van der Waals surface area contributed by atoms with E-state index in [1.807, 2.05) is 0 Å². The summed E-state index contributed by atoms with van der Waals surface area (Å²) in [4.78, 5) is 24.5. The number of carbonyl (C=O) groups is 2. The number of nitrogens with zero attached hydrogens (tertiary/aromatic N) is 1. The highest BCUT2D eigenvalue weighted by atomic mass is 35.5. The Hall–Kier alpha value is -3.53. The summed E-state index contributed by atoms with van der Waals surface area (Å²) in [5, 5.41) is 1.42. The van der Waals surface area contributed by atoms with E-state index < -0.39 is 21.9 Å². The van der Waals surface area contributed by atoms with E-state index in [-0.39, 0.29) is 22.8 Å². The number of hydrogen-bond donors (Lipinski definition) is 1. The van der Waals surface area contributed by atoms with Crippen molar-refractivity contribution in [1.29, 1.82) is 0 Å². The number of esters is 1. The lowest BCUT2D eigenvalue weighted by molar-refractivity contribution is 0.0526. The van der Waals surface area contributed by atoms with Crippen molar-refractivity contribution < 1.29 is 27.5 Å². The van der Waals surface area contributed by atoms with E-state index in [1.165, 1.54) is 24.3 Å². The standard InChI is InChI=1S/C25H20Cl2N2O6S/c1-3-34-25(31)15-4-8-19(9-5-15)36(32,33)28-24(30)23-13-16-12-17(7-11-22(16)29(23)2)35-18-6-10-20(26)21(27)14-18/h4-14H,3H2,1-2H3,(H,28,30). The average Bonchev–Trinajstić information content (AvgIpc) is 3.17. The minimum absolute atomic E-state index is 0.128. The van der Waals surface area contributed by atoms with Gasteiger partial charge >= 0.3 is 5.97 Å². The number of hydrogen-bond acceptors (Lipinski definition) is 6. The first-order valence-electron chi connectivity index (χ1n) is 10.7. The van der Waals surface area contributed by atoms with Gasteiger partial charge in [0.1, 0.15) is 17.2 Å². The molecule has 1 aromatic heterocycles. The summed E-state index contributed by atoms with van der Waals surface area (Å²) >= 11 is 12.0. The van der Waals surface area contributed by atoms with Crippen LogP contribution in [0.3, 0.4) is 0 Å². The van der Waals surface area contributed by atoms with Crippen molar-refractivity contribution in [3.63, 3.8) is 0 Å². The number of amides is 1. The summed E-state index contributed by atoms with van der Waals surface area (Å²) in [6.07, 6.45) is 0. The molecule has 0 unspecified atom stereocenters. The lowest BCUT2D eigenvalue weighted by atomic mass is 10.2. The molecule has 4 aromatic rings. The van der Waals surface area contributed by atoms with E-state index in [9.17, 15) is 18.0 Å². The van der Waals surface area contributed by atoms with Gasteiger partial charge in [0, 0.05) is 24.0 Å². The Bertz CT molecular complexity index is 1580. The number of aryl methyl sites for hydroxylation is 1. The molecule has 0 saturated carbocycles. The van der Waals surface area contributed by atoms with E-state index in [4.69, 9.17) is 32.7 Å². The number of aromatic nitrogens is 1. The van der Waals surface area contributed by atoms with E-state index in [0.717, 1.165) is 0 Å². The molecule has 0 aliphatic carbocycles. The molecule has 0 spiro atoms. The third-order valence-electron chi connectivity index (χ3n) is 5.28. The summed E-state index contributed by atoms with van der Waals surface area (Å²) in [5.41, 5.74) is 1.02. The predicted octanol–water partition coefficient (Wildman–Crippen LogP) is 5.57. The highest BCUT2D eigenvalue weighted by molar-refractivity contribution is 7.90. The summed E-state index contributed by atoms with van der Waals surface area (Å²) in [5.74, 6) is -0.399. The summed E-state index contributed by atoms with van der Waals surface area (Å²) in [7, 11) is -2.54. The number of halogens is 2. The molecule has 36 heavy (non-hydrogen) atoms. The van der Waals surface area contributed by atoms with Crippen LogP contribution in [0.4, 0.5) is 0 Å². The Morgan fingerprint density at radius 3 is 2.25 bits per heavy atom. The molecule has 0 fully saturated rings. The van der Waals surface area contributed by atoms with Gasteiger partial charge < -0.3 is 14.0 Å². The molecule has 8 nitrogen and oxygen atoms in total. The molecule has 0 aliphatic heterocycles. The van der Waals surface area contributed by atoms with E-state index in [1.54, 1.807) is 61.0 Å². The molecular weight excluding hydrogens is 527 g/mol. The zero-order valence-electron chi connectivity index (χ0n) is 19.1. The van der Waals surface area contributed by atoms with Crippen LogP contribution in [0.15, 0.2) is 71.6 Å². The zero-order chi connectivity index (χ0) is 26.0. The van der Waals surface area contributed by atoms with Gasteiger partial charge in [-0.1, -0.05) is 23.2 Å². The topological polar surface area (TPSA) is 104 Å². The Balaban J connectivity index is 1.55. The van der Waals surface area contributed by atoms with Crippen LogP contribution in [-0.4, -0.2) is 31.5 Å². The average molecular weight is 547 g/mol. The fraction of sp³-hybridized carbons (Fsp3) is 0.120. The Morgan fingerprint density at radius 1 is 0.917 bits per heavy atom. The number of rotatable bonds is 7. The zero-order valence-corrected chi connectivity index (χ0v) is 21.4. The second-order valence-electron chi connectivity index (χ2n) is 7.67. The molecule has 0 radical (unpaired) electrons. The maximum atomic E-state index is 12.9. The molecule has 186 valence electrons. The first kappa shape index (κ1) is 25.6. The quantitative estimate of drug-likeness (QED) is 0.304. The highest BCUT2D eigenvalue weighted by Gasteiger charge is 2.22. The molecule has 1 amide bonds. The van der Waals surface area contributed by atoms with Crippen LogP contribution < -0.4 is 9.46 Å². The third kappa shape index (κ3) is 5.33. The SMILES string of the molecule is CCOC(=O)c1ccc(S(=O)(=O)NC(=O)c2cc3cc(Oc4ccc(Cl)c(Cl)c4)ccc3n2C)cc1. The Labute approximate surface area is 217 Å². The highest BCUT2D eigenvalue weighted by Crippen LogP contribution is 2.31. The van der Waals surface area contributed by atoms with Crippen molar-refractivity contribution in [1.82, 2.24) is 9.29 Å². The molecule has 0 aliphatic rings. The summed E-state index contributed by atoms with van der Waals surface area (Å²) in [6.45, 7) is 1.87. The number of fused-ring (bicyclic) bond motifs is 1. The number of carbonyl (C=O) groups excluding carboxylic acids is 2. The minimum Gasteiger partial charge on any atom is -0.462 e. The molecule has 0 bridgehead atoms. The van der Waals surface area contributed by atoms with E-state index in [2.05, 4.69) is 4.72 Å². The Kier molecular flexibility index (Phi) is 7.26. The van der Waals surface area contributed by atoms with Gasteiger partial charge in [0.2, 0.25) is 0 Å². The third-order valence-corrected chi connectivity index (χ3v) is 7.36. The van der Waals surface area contributed by atoms with Gasteiger partial charge in [-0.05, 0) is 67.6 Å². The van der Waals surface area contributed by atoms with Crippen LogP contribution in [0.5, 0.6) is 11.5 Å². The molecular formula is C25H20Cl2N2O6S. The Morgan fingerprint density at radius 2 is 1.58 bits per heavy atom. The normalized spacial score (nSPS) is 11.3. The molecule has 3 aromatic carbocycles. The van der Waals surface area contributed by atoms with Crippen LogP contribution in [-0.2, 0) is 21.8 Å². The second kappa shape index (κ2) is 10.2.